The van der Waals surface area contributed by atoms with E-state index in [1.165, 1.54) is 0 Å². The van der Waals surface area contributed by atoms with Crippen LogP contribution in [0.3, 0.4) is 0 Å². The molecule has 5 atom stereocenters. The second-order valence-corrected chi connectivity index (χ2v) is 9.18. The van der Waals surface area contributed by atoms with Crippen molar-refractivity contribution in [3.05, 3.63) is 35.9 Å². The number of alkyl halides is 2. The lowest BCUT2D eigenvalue weighted by atomic mass is 9.70. The number of carbonyl (C=O) groups is 1. The Hall–Kier alpha value is -0.390. The molecule has 1 aromatic rings. The smallest absolute Gasteiger partial charge is 0.335 e. The van der Waals surface area contributed by atoms with Gasteiger partial charge in [0.05, 0.1) is 11.7 Å². The van der Waals surface area contributed by atoms with Crippen LogP contribution in [0.1, 0.15) is 37.6 Å². The van der Waals surface area contributed by atoms with E-state index in [0.29, 0.717) is 16.3 Å². The van der Waals surface area contributed by atoms with E-state index in [1.807, 2.05) is 0 Å². The van der Waals surface area contributed by atoms with Crippen molar-refractivity contribution in [3.8, 4) is 0 Å². The van der Waals surface area contributed by atoms with Crippen LogP contribution in [0.15, 0.2) is 30.3 Å². The Morgan fingerprint density at radius 2 is 1.73 bits per heavy atom. The maximum atomic E-state index is 10.2. The fourth-order valence-electron chi connectivity index (χ4n) is 3.86. The van der Waals surface area contributed by atoms with E-state index >= 15 is 0 Å². The van der Waals surface area contributed by atoms with Gasteiger partial charge in [-0.15, -0.1) is 0 Å². The average Bonchev–Trinajstić information content (AvgIpc) is 2.71. The molecule has 2 aliphatic rings. The molecule has 0 saturated heterocycles. The highest BCUT2D eigenvalue weighted by molar-refractivity contribution is 9.10. The first kappa shape index (κ1) is 18.0. The highest BCUT2D eigenvalue weighted by Crippen LogP contribution is 2.68. The summed E-state index contributed by atoms with van der Waals surface area (Å²) in [5.74, 6) is -0.330. The molecule has 0 amide bonds. The average molecular weight is 434 g/mol. The van der Waals surface area contributed by atoms with Gasteiger partial charge in [0, 0.05) is 15.1 Å². The van der Waals surface area contributed by atoms with Crippen molar-refractivity contribution in [1.29, 1.82) is 0 Å². The van der Waals surface area contributed by atoms with Crippen molar-refractivity contribution in [2.75, 3.05) is 0 Å². The zero-order valence-electron chi connectivity index (χ0n) is 13.0. The molecule has 3 nitrogen and oxygen atoms in total. The number of hydrogen-bond donors (Lipinski definition) is 2. The number of benzene rings is 1. The monoisotopic (exact) mass is 432 g/mol. The highest BCUT2D eigenvalue weighted by Gasteiger charge is 2.68. The fraction of sp³-hybridized carbons (Fsp3) is 0.588. The molecular formula is C17H22Br2O3. The molecular weight excluding hydrogens is 412 g/mol. The van der Waals surface area contributed by atoms with Crippen molar-refractivity contribution in [3.63, 3.8) is 0 Å². The van der Waals surface area contributed by atoms with E-state index < -0.39 is 5.97 Å². The Bertz CT molecular complexity index is 546. The number of halogens is 2. The van der Waals surface area contributed by atoms with E-state index in [0.717, 1.165) is 6.42 Å². The minimum absolute atomic E-state index is 0.0694. The van der Waals surface area contributed by atoms with Crippen LogP contribution >= 0.6 is 31.9 Å². The third kappa shape index (κ3) is 2.76. The summed E-state index contributed by atoms with van der Waals surface area (Å²) < 4.78 is 0. The van der Waals surface area contributed by atoms with Gasteiger partial charge in [-0.3, -0.25) is 0 Å². The quantitative estimate of drug-likeness (QED) is 0.648. The lowest BCUT2D eigenvalue weighted by Crippen LogP contribution is -2.39. The molecule has 2 fully saturated rings. The minimum atomic E-state index is -0.879. The summed E-state index contributed by atoms with van der Waals surface area (Å²) in [5.41, 5.74) is 0.631. The van der Waals surface area contributed by atoms with Gasteiger partial charge in [-0.1, -0.05) is 70.8 Å². The molecule has 122 valence electrons. The van der Waals surface area contributed by atoms with Crippen LogP contribution in [0.25, 0.3) is 0 Å². The van der Waals surface area contributed by atoms with E-state index in [1.54, 1.807) is 30.3 Å². The summed E-state index contributed by atoms with van der Waals surface area (Å²) in [7, 11) is 0. The predicted octanol–water partition coefficient (Wildman–Crippen LogP) is 4.33. The van der Waals surface area contributed by atoms with Gasteiger partial charge in [0.25, 0.3) is 0 Å². The number of carboxylic acids is 1. The van der Waals surface area contributed by atoms with Crippen LogP contribution in [-0.4, -0.2) is 31.9 Å². The second kappa shape index (κ2) is 6.25. The number of aliphatic hydroxyl groups is 1. The molecule has 5 heteroatoms. The normalized spacial score (nSPS) is 38.3. The Balaban J connectivity index is 0.000000172. The maximum absolute atomic E-state index is 10.2. The standard InChI is InChI=1S/C10H16Br2O.C7H6O2/c1-9(2)6-5(11)4-10(9,3)8(13)7(6)12;8-7(9)6-4-2-1-3-5-6/h5-8,13H,4H2,1-3H3;1-5H,(H,8,9). The number of hydrogen-bond acceptors (Lipinski definition) is 2. The fourth-order valence-corrected chi connectivity index (χ4v) is 7.54. The molecule has 22 heavy (non-hydrogen) atoms. The minimum Gasteiger partial charge on any atom is -0.478 e. The topological polar surface area (TPSA) is 57.5 Å². The molecule has 0 radical (unpaired) electrons. The predicted molar refractivity (Wildman–Crippen MR) is 94.8 cm³/mol. The summed E-state index contributed by atoms with van der Waals surface area (Å²) in [5, 5.41) is 18.5. The van der Waals surface area contributed by atoms with Gasteiger partial charge in [-0.05, 0) is 29.9 Å². The van der Waals surface area contributed by atoms with Crippen molar-refractivity contribution in [2.24, 2.45) is 16.7 Å². The van der Waals surface area contributed by atoms with Gasteiger partial charge in [-0.2, -0.15) is 0 Å². The van der Waals surface area contributed by atoms with E-state index in [4.69, 9.17) is 5.11 Å². The Kier molecular flexibility index (Phi) is 5.10. The molecule has 3 rings (SSSR count). The SMILES string of the molecule is CC1(C)C2C(Br)CC1(C)C(O)C2Br.O=C(O)c1ccccc1. The first-order valence-corrected chi connectivity index (χ1v) is 9.20. The molecule has 5 unspecified atom stereocenters. The van der Waals surface area contributed by atoms with Gasteiger partial charge >= 0.3 is 5.97 Å². The molecule has 0 spiro atoms. The molecule has 0 aromatic heterocycles. The van der Waals surface area contributed by atoms with Gasteiger partial charge < -0.3 is 10.2 Å². The Morgan fingerprint density at radius 1 is 1.18 bits per heavy atom. The second-order valence-electron chi connectivity index (χ2n) is 6.95. The van der Waals surface area contributed by atoms with Crippen molar-refractivity contribution < 1.29 is 15.0 Å². The third-order valence-electron chi connectivity index (χ3n) is 5.63. The van der Waals surface area contributed by atoms with Crippen LogP contribution < -0.4 is 0 Å². The van der Waals surface area contributed by atoms with Crippen molar-refractivity contribution in [2.45, 2.75) is 43.0 Å². The highest BCUT2D eigenvalue weighted by atomic mass is 79.9. The van der Waals surface area contributed by atoms with Crippen molar-refractivity contribution >= 4 is 37.8 Å². The first-order valence-electron chi connectivity index (χ1n) is 7.37. The first-order chi connectivity index (χ1) is 10.1. The van der Waals surface area contributed by atoms with Crippen LogP contribution in [0.2, 0.25) is 0 Å². The third-order valence-corrected chi connectivity index (χ3v) is 7.60. The van der Waals surface area contributed by atoms with Gasteiger partial charge in [0.2, 0.25) is 0 Å². The lowest BCUT2D eigenvalue weighted by molar-refractivity contribution is 0.0160. The summed E-state index contributed by atoms with van der Waals surface area (Å²) >= 11 is 7.36. The van der Waals surface area contributed by atoms with E-state index in [2.05, 4.69) is 52.6 Å². The summed E-state index contributed by atoms with van der Waals surface area (Å²) in [6.45, 7) is 6.78. The van der Waals surface area contributed by atoms with Gasteiger partial charge in [0.15, 0.2) is 0 Å². The van der Waals surface area contributed by atoms with E-state index in [9.17, 15) is 9.90 Å². The number of fused-ring (bicyclic) bond motifs is 2. The zero-order valence-corrected chi connectivity index (χ0v) is 16.1. The van der Waals surface area contributed by atoms with Crippen LogP contribution in [0.5, 0.6) is 0 Å². The molecule has 1 aromatic carbocycles. The van der Waals surface area contributed by atoms with Crippen LogP contribution in [-0.2, 0) is 0 Å². The summed E-state index contributed by atoms with van der Waals surface area (Å²) in [6, 6.07) is 8.30. The molecule has 0 aliphatic heterocycles. The number of carboxylic acid groups (broad SMARTS) is 1. The Morgan fingerprint density at radius 3 is 2.05 bits per heavy atom. The number of aromatic carboxylic acids is 1. The summed E-state index contributed by atoms with van der Waals surface area (Å²) in [4.78, 5) is 11.0. The molecule has 2 aliphatic carbocycles. The Labute approximate surface area is 148 Å². The lowest BCUT2D eigenvalue weighted by Gasteiger charge is -2.36. The van der Waals surface area contributed by atoms with Gasteiger partial charge in [-0.25, -0.2) is 4.79 Å². The molecule has 2 bridgehead atoms. The zero-order chi connectivity index (χ0) is 16.7. The van der Waals surface area contributed by atoms with Crippen molar-refractivity contribution in [1.82, 2.24) is 0 Å². The maximum Gasteiger partial charge on any atom is 0.335 e. The van der Waals surface area contributed by atoms with Crippen LogP contribution in [0, 0.1) is 16.7 Å². The largest absolute Gasteiger partial charge is 0.478 e. The molecule has 2 N–H and O–H groups in total. The molecule has 0 heterocycles. The van der Waals surface area contributed by atoms with E-state index in [-0.39, 0.29) is 21.8 Å². The van der Waals surface area contributed by atoms with Crippen LogP contribution in [0.4, 0.5) is 0 Å². The molecule has 2 saturated carbocycles. The summed E-state index contributed by atoms with van der Waals surface area (Å²) in [6.07, 6.45) is 0.898. The van der Waals surface area contributed by atoms with Gasteiger partial charge in [0.1, 0.15) is 0 Å². The number of rotatable bonds is 1. The number of aliphatic hydroxyl groups excluding tert-OH is 1.